The number of nitrogens with one attached hydrogen (secondary N) is 2. The van der Waals surface area contributed by atoms with Crippen molar-refractivity contribution < 1.29 is 35.1 Å². The number of H-pyrrole nitrogens is 1. The van der Waals surface area contributed by atoms with Crippen LogP contribution < -0.4 is 16.6 Å². The Labute approximate surface area is 220 Å². The highest BCUT2D eigenvalue weighted by atomic mass is 19.4. The van der Waals surface area contributed by atoms with E-state index in [-0.39, 0.29) is 17.7 Å². The maximum absolute atomic E-state index is 15.0. The Balaban J connectivity index is 1.42. The molecule has 214 valence electrons. The van der Waals surface area contributed by atoms with Crippen LogP contribution in [0.1, 0.15) is 42.0 Å². The van der Waals surface area contributed by atoms with E-state index in [4.69, 9.17) is 5.73 Å². The third kappa shape index (κ3) is 5.99. The molecule has 2 aromatic heterocycles. The Morgan fingerprint density at radius 3 is 2.50 bits per heavy atom. The van der Waals surface area contributed by atoms with Crippen LogP contribution in [-0.2, 0) is 18.9 Å². The van der Waals surface area contributed by atoms with Crippen molar-refractivity contribution in [2.24, 2.45) is 0 Å². The second-order valence-electron chi connectivity index (χ2n) is 9.07. The minimum Gasteiger partial charge on any atom is -0.383 e. The van der Waals surface area contributed by atoms with Gasteiger partial charge in [0.2, 0.25) is 0 Å². The summed E-state index contributed by atoms with van der Waals surface area (Å²) in [5.74, 6) is -4.00. The van der Waals surface area contributed by atoms with Crippen molar-refractivity contribution in [3.63, 3.8) is 0 Å². The molecule has 4 N–H and O–H groups in total. The molecular weight excluding hydrogens is 554 g/mol. The molecule has 8 nitrogen and oxygen atoms in total. The molecule has 0 fully saturated rings. The lowest BCUT2D eigenvalue weighted by Gasteiger charge is -2.27. The van der Waals surface area contributed by atoms with Gasteiger partial charge in [0.25, 0.3) is 5.56 Å². The minimum atomic E-state index is -4.88. The van der Waals surface area contributed by atoms with Crippen molar-refractivity contribution in [1.82, 2.24) is 25.1 Å². The number of benzene rings is 1. The summed E-state index contributed by atoms with van der Waals surface area (Å²) in [6.07, 6.45) is -4.53. The van der Waals surface area contributed by atoms with E-state index in [9.17, 15) is 39.9 Å². The molecule has 16 heteroatoms. The Morgan fingerprint density at radius 1 is 1.12 bits per heavy atom. The number of aromatic amines is 1. The first-order chi connectivity index (χ1) is 18.7. The van der Waals surface area contributed by atoms with Crippen LogP contribution in [0.3, 0.4) is 0 Å². The molecule has 0 radical (unpaired) electrons. The number of anilines is 2. The van der Waals surface area contributed by atoms with E-state index in [2.05, 4.69) is 20.4 Å². The second kappa shape index (κ2) is 10.7. The average Bonchev–Trinajstić information content (AvgIpc) is 2.84. The quantitative estimate of drug-likeness (QED) is 0.333. The SMILES string of the molecule is C[C@@H](CCCN1C=Cc2cc(-c3ncc(C(F)(F)F)c(N)n3)c(F)c(F)c2C1)Nc1cn[nH]c(=O)c1C(F)(F)F. The summed E-state index contributed by atoms with van der Waals surface area (Å²) in [4.78, 5) is 20.3. The molecule has 40 heavy (non-hydrogen) atoms. The van der Waals surface area contributed by atoms with Crippen LogP contribution in [0.25, 0.3) is 17.5 Å². The first-order valence-electron chi connectivity index (χ1n) is 11.7. The van der Waals surface area contributed by atoms with Crippen molar-refractivity contribution in [3.05, 3.63) is 68.9 Å². The van der Waals surface area contributed by atoms with E-state index < -0.39 is 69.6 Å². The standard InChI is InChI=1S/C24H21F8N7O/c1-11(36-16-9-35-38-22(40)17(16)24(30,31)32)3-2-5-39-6-4-12-7-13(18(25)19(26)14(12)10-39)21-34-8-15(20(33)37-21)23(27,28)29/h4,6-9,11H,2-3,5,10H2,1H3,(H2,33,34,37)(H2,36,38,40)/t11-/m0/s1. The van der Waals surface area contributed by atoms with Crippen molar-refractivity contribution in [2.45, 2.75) is 44.7 Å². The van der Waals surface area contributed by atoms with Crippen LogP contribution in [-0.4, -0.2) is 37.7 Å². The van der Waals surface area contributed by atoms with Gasteiger partial charge in [-0.2, -0.15) is 31.4 Å². The summed E-state index contributed by atoms with van der Waals surface area (Å²) < 4.78 is 108. The number of nitrogen functional groups attached to an aromatic ring is 1. The molecule has 0 amide bonds. The van der Waals surface area contributed by atoms with Crippen LogP contribution in [0.15, 0.2) is 29.5 Å². The number of hydrogen-bond donors (Lipinski definition) is 3. The van der Waals surface area contributed by atoms with E-state index in [0.29, 0.717) is 25.6 Å². The Hall–Kier alpha value is -4.24. The van der Waals surface area contributed by atoms with Crippen LogP contribution >= 0.6 is 0 Å². The number of hydrogen-bond acceptors (Lipinski definition) is 7. The first kappa shape index (κ1) is 28.8. The van der Waals surface area contributed by atoms with Crippen LogP contribution in [0.5, 0.6) is 0 Å². The second-order valence-corrected chi connectivity index (χ2v) is 9.07. The van der Waals surface area contributed by atoms with Gasteiger partial charge in [0, 0.05) is 30.9 Å². The third-order valence-corrected chi connectivity index (χ3v) is 6.16. The zero-order chi connectivity index (χ0) is 29.4. The fourth-order valence-corrected chi connectivity index (χ4v) is 4.22. The van der Waals surface area contributed by atoms with Crippen LogP contribution in [0.4, 0.5) is 46.6 Å². The van der Waals surface area contributed by atoms with Gasteiger partial charge < -0.3 is 16.0 Å². The molecule has 0 aliphatic carbocycles. The third-order valence-electron chi connectivity index (χ3n) is 6.16. The maximum Gasteiger partial charge on any atom is 0.423 e. The molecule has 0 spiro atoms. The fourth-order valence-electron chi connectivity index (χ4n) is 4.22. The summed E-state index contributed by atoms with van der Waals surface area (Å²) in [5.41, 5.74) is 0.654. The van der Waals surface area contributed by atoms with Gasteiger partial charge in [-0.1, -0.05) is 0 Å². The van der Waals surface area contributed by atoms with Gasteiger partial charge in [0.1, 0.15) is 16.9 Å². The highest BCUT2D eigenvalue weighted by Gasteiger charge is 2.38. The molecule has 1 aromatic carbocycles. The summed E-state index contributed by atoms with van der Waals surface area (Å²) in [6.45, 7) is 1.92. The van der Waals surface area contributed by atoms with Crippen molar-refractivity contribution in [1.29, 1.82) is 0 Å². The normalized spacial score (nSPS) is 14.3. The Kier molecular flexibility index (Phi) is 7.72. The summed E-state index contributed by atoms with van der Waals surface area (Å²) in [7, 11) is 0. The Morgan fingerprint density at radius 2 is 1.85 bits per heavy atom. The molecule has 3 heterocycles. The number of aromatic nitrogens is 4. The summed E-state index contributed by atoms with van der Waals surface area (Å²) >= 11 is 0. The average molecular weight is 575 g/mol. The van der Waals surface area contributed by atoms with Crippen LogP contribution in [0.2, 0.25) is 0 Å². The lowest BCUT2D eigenvalue weighted by atomic mass is 9.98. The molecule has 1 aliphatic rings. The highest BCUT2D eigenvalue weighted by Crippen LogP contribution is 2.35. The van der Waals surface area contributed by atoms with Crippen molar-refractivity contribution >= 4 is 17.6 Å². The molecule has 0 saturated heterocycles. The summed E-state index contributed by atoms with van der Waals surface area (Å²) in [6, 6.07) is 0.724. The van der Waals surface area contributed by atoms with Gasteiger partial charge in [0.15, 0.2) is 17.5 Å². The fraction of sp³-hybridized carbons (Fsp3) is 0.333. The van der Waals surface area contributed by atoms with Gasteiger partial charge in [-0.05, 0) is 43.7 Å². The predicted molar refractivity (Wildman–Crippen MR) is 128 cm³/mol. The van der Waals surface area contributed by atoms with Crippen molar-refractivity contribution in [3.8, 4) is 11.4 Å². The van der Waals surface area contributed by atoms with Gasteiger partial charge >= 0.3 is 12.4 Å². The number of halogens is 8. The minimum absolute atomic E-state index is 0.000730. The number of alkyl halides is 6. The molecule has 1 atom stereocenters. The van der Waals surface area contributed by atoms with Gasteiger partial charge in [-0.3, -0.25) is 4.79 Å². The highest BCUT2D eigenvalue weighted by molar-refractivity contribution is 5.67. The first-order valence-corrected chi connectivity index (χ1v) is 11.7. The van der Waals surface area contributed by atoms with Gasteiger partial charge in [0.05, 0.1) is 17.4 Å². The van der Waals surface area contributed by atoms with E-state index in [1.165, 1.54) is 12.1 Å². The lowest BCUT2D eigenvalue weighted by molar-refractivity contribution is -0.138. The molecule has 1 aliphatic heterocycles. The monoisotopic (exact) mass is 575 g/mol. The van der Waals surface area contributed by atoms with Crippen molar-refractivity contribution in [2.75, 3.05) is 17.6 Å². The maximum atomic E-state index is 15.0. The van der Waals surface area contributed by atoms with Gasteiger partial charge in [-0.25, -0.2) is 23.8 Å². The van der Waals surface area contributed by atoms with E-state index in [0.717, 1.165) is 6.20 Å². The lowest BCUT2D eigenvalue weighted by Crippen LogP contribution is -2.28. The zero-order valence-corrected chi connectivity index (χ0v) is 20.6. The molecule has 0 unspecified atom stereocenters. The number of fused-ring (bicyclic) bond motifs is 1. The zero-order valence-electron chi connectivity index (χ0n) is 20.6. The number of nitrogens with two attached hydrogens (primary N) is 1. The smallest absolute Gasteiger partial charge is 0.383 e. The predicted octanol–water partition coefficient (Wildman–Crippen LogP) is 5.19. The van der Waals surface area contributed by atoms with E-state index >= 15 is 0 Å². The van der Waals surface area contributed by atoms with E-state index in [1.807, 2.05) is 0 Å². The molecule has 0 bridgehead atoms. The van der Waals surface area contributed by atoms with E-state index in [1.54, 1.807) is 23.1 Å². The number of nitrogens with zero attached hydrogens (tertiary/aromatic N) is 4. The molecule has 3 aromatic rings. The molecule has 0 saturated carbocycles. The molecule has 4 rings (SSSR count). The van der Waals surface area contributed by atoms with Crippen LogP contribution in [0, 0.1) is 11.6 Å². The molecular formula is C24H21F8N7O. The summed E-state index contributed by atoms with van der Waals surface area (Å²) in [5, 5.41) is 7.79. The largest absolute Gasteiger partial charge is 0.423 e. The Bertz CT molecular complexity index is 1500. The number of rotatable bonds is 7. The topological polar surface area (TPSA) is 113 Å². The van der Waals surface area contributed by atoms with Gasteiger partial charge in [-0.15, -0.1) is 0 Å².